The van der Waals surface area contributed by atoms with Crippen LogP contribution in [-0.2, 0) is 0 Å². The van der Waals surface area contributed by atoms with Gasteiger partial charge in [0, 0.05) is 11.5 Å². The normalized spacial score (nSPS) is 10.9. The second-order valence-electron chi connectivity index (χ2n) is 3.03. The molecule has 1 aromatic carbocycles. The quantitative estimate of drug-likeness (QED) is 0.552. The second-order valence-corrected chi connectivity index (χ2v) is 3.03. The van der Waals surface area contributed by atoms with E-state index in [9.17, 15) is 10.1 Å². The molecule has 0 aliphatic carbocycles. The maximum absolute atomic E-state index is 10.1. The van der Waals surface area contributed by atoms with Crippen molar-refractivity contribution in [3.05, 3.63) is 58.4 Å². The standard InChI is InChI=1S/C11H8N2O2/c14-13(15)8-7-10-6-5-9-3-1-2-4-11(9)12-10/h1-8H/b8-7+. The van der Waals surface area contributed by atoms with E-state index in [4.69, 9.17) is 0 Å². The highest BCUT2D eigenvalue weighted by molar-refractivity contribution is 5.79. The molecule has 1 aromatic heterocycles. The monoisotopic (exact) mass is 200 g/mol. The van der Waals surface area contributed by atoms with E-state index in [1.165, 1.54) is 6.08 Å². The number of nitro groups is 1. The van der Waals surface area contributed by atoms with Crippen molar-refractivity contribution in [3.8, 4) is 0 Å². The summed E-state index contributed by atoms with van der Waals surface area (Å²) in [6.07, 6.45) is 2.27. The molecule has 0 saturated carbocycles. The Morgan fingerprint density at radius 2 is 2.00 bits per heavy atom. The number of rotatable bonds is 2. The summed E-state index contributed by atoms with van der Waals surface area (Å²) >= 11 is 0. The Kier molecular flexibility index (Phi) is 2.41. The van der Waals surface area contributed by atoms with Crippen LogP contribution in [0, 0.1) is 10.1 Å². The molecule has 0 unspecified atom stereocenters. The van der Waals surface area contributed by atoms with Crippen LogP contribution in [0.2, 0.25) is 0 Å². The number of nitrogens with zero attached hydrogens (tertiary/aromatic N) is 2. The highest BCUT2D eigenvalue weighted by Gasteiger charge is 1.95. The van der Waals surface area contributed by atoms with Crippen LogP contribution in [0.3, 0.4) is 0 Å². The Hall–Kier alpha value is -2.23. The van der Waals surface area contributed by atoms with Gasteiger partial charge in [-0.15, -0.1) is 0 Å². The minimum atomic E-state index is -0.503. The predicted octanol–water partition coefficient (Wildman–Crippen LogP) is 2.48. The lowest BCUT2D eigenvalue weighted by Crippen LogP contribution is -1.85. The molecule has 4 heteroatoms. The molecule has 1 heterocycles. The summed E-state index contributed by atoms with van der Waals surface area (Å²) in [5.74, 6) is 0. The van der Waals surface area contributed by atoms with E-state index in [1.54, 1.807) is 6.07 Å². The molecule has 0 aliphatic rings. The third-order valence-corrected chi connectivity index (χ3v) is 1.99. The summed E-state index contributed by atoms with van der Waals surface area (Å²) in [6.45, 7) is 0. The summed E-state index contributed by atoms with van der Waals surface area (Å²) in [6, 6.07) is 11.3. The van der Waals surface area contributed by atoms with Crippen molar-refractivity contribution in [3.63, 3.8) is 0 Å². The molecule has 0 atom stereocenters. The van der Waals surface area contributed by atoms with Crippen molar-refractivity contribution in [1.29, 1.82) is 0 Å². The topological polar surface area (TPSA) is 56.0 Å². The van der Waals surface area contributed by atoms with E-state index in [1.807, 2.05) is 30.3 Å². The van der Waals surface area contributed by atoms with Crippen LogP contribution in [0.1, 0.15) is 5.69 Å². The number of pyridine rings is 1. The molecule has 2 rings (SSSR count). The van der Waals surface area contributed by atoms with Gasteiger partial charge in [-0.2, -0.15) is 0 Å². The van der Waals surface area contributed by atoms with Crippen LogP contribution in [0.5, 0.6) is 0 Å². The third kappa shape index (κ3) is 2.17. The first kappa shape index (κ1) is 9.33. The van der Waals surface area contributed by atoms with E-state index in [2.05, 4.69) is 4.98 Å². The number of fused-ring (bicyclic) bond motifs is 1. The lowest BCUT2D eigenvalue weighted by atomic mass is 10.2. The number of aromatic nitrogens is 1. The zero-order valence-corrected chi connectivity index (χ0v) is 7.83. The highest BCUT2D eigenvalue weighted by Crippen LogP contribution is 2.12. The molecule has 0 spiro atoms. The first-order chi connectivity index (χ1) is 7.25. The predicted molar refractivity (Wildman–Crippen MR) is 57.8 cm³/mol. The minimum absolute atomic E-state index is 0.503. The maximum Gasteiger partial charge on any atom is 0.236 e. The lowest BCUT2D eigenvalue weighted by molar-refractivity contribution is -0.401. The smallest absolute Gasteiger partial charge is 0.236 e. The summed E-state index contributed by atoms with van der Waals surface area (Å²) in [5.41, 5.74) is 1.42. The summed E-state index contributed by atoms with van der Waals surface area (Å²) in [4.78, 5) is 13.9. The van der Waals surface area contributed by atoms with Crippen LogP contribution in [-0.4, -0.2) is 9.91 Å². The molecule has 15 heavy (non-hydrogen) atoms. The molecule has 74 valence electrons. The fourth-order valence-electron chi connectivity index (χ4n) is 1.31. The molecule has 0 aliphatic heterocycles. The molecule has 0 amide bonds. The largest absolute Gasteiger partial charge is 0.259 e. The van der Waals surface area contributed by atoms with Gasteiger partial charge in [-0.25, -0.2) is 4.98 Å². The van der Waals surface area contributed by atoms with Gasteiger partial charge in [0.15, 0.2) is 0 Å². The highest BCUT2D eigenvalue weighted by atomic mass is 16.6. The van der Waals surface area contributed by atoms with Crippen LogP contribution in [0.15, 0.2) is 42.6 Å². The Labute approximate surface area is 86.0 Å². The fraction of sp³-hybridized carbons (Fsp3) is 0. The SMILES string of the molecule is O=[N+]([O-])/C=C/c1ccc2ccccc2n1. The van der Waals surface area contributed by atoms with E-state index < -0.39 is 4.92 Å². The van der Waals surface area contributed by atoms with Crippen molar-refractivity contribution in [2.75, 3.05) is 0 Å². The molecule has 0 radical (unpaired) electrons. The zero-order chi connectivity index (χ0) is 10.7. The van der Waals surface area contributed by atoms with Crippen molar-refractivity contribution in [2.24, 2.45) is 0 Å². The average molecular weight is 200 g/mol. The van der Waals surface area contributed by atoms with Gasteiger partial charge in [0.1, 0.15) is 0 Å². The van der Waals surface area contributed by atoms with Crippen LogP contribution in [0.25, 0.3) is 17.0 Å². The molecule has 0 bridgehead atoms. The van der Waals surface area contributed by atoms with Crippen molar-refractivity contribution in [2.45, 2.75) is 0 Å². The number of para-hydroxylation sites is 1. The molecular formula is C11H8N2O2. The van der Waals surface area contributed by atoms with E-state index >= 15 is 0 Å². The Balaban J connectivity index is 2.43. The fourth-order valence-corrected chi connectivity index (χ4v) is 1.31. The molecular weight excluding hydrogens is 192 g/mol. The van der Waals surface area contributed by atoms with Gasteiger partial charge in [0.2, 0.25) is 6.20 Å². The Morgan fingerprint density at radius 1 is 1.20 bits per heavy atom. The number of hydrogen-bond donors (Lipinski definition) is 0. The second kappa shape index (κ2) is 3.88. The first-order valence-corrected chi connectivity index (χ1v) is 4.43. The maximum atomic E-state index is 10.1. The molecule has 4 nitrogen and oxygen atoms in total. The minimum Gasteiger partial charge on any atom is -0.259 e. The van der Waals surface area contributed by atoms with Gasteiger partial charge in [-0.3, -0.25) is 10.1 Å². The zero-order valence-electron chi connectivity index (χ0n) is 7.83. The van der Waals surface area contributed by atoms with Crippen LogP contribution < -0.4 is 0 Å². The molecule has 0 fully saturated rings. The van der Waals surface area contributed by atoms with Gasteiger partial charge in [0.25, 0.3) is 0 Å². The molecule has 0 N–H and O–H groups in total. The van der Waals surface area contributed by atoms with Crippen LogP contribution >= 0.6 is 0 Å². The number of hydrogen-bond acceptors (Lipinski definition) is 3. The third-order valence-electron chi connectivity index (χ3n) is 1.99. The lowest BCUT2D eigenvalue weighted by Gasteiger charge is -1.96. The first-order valence-electron chi connectivity index (χ1n) is 4.43. The summed E-state index contributed by atoms with van der Waals surface area (Å²) < 4.78 is 0. The molecule has 0 saturated heterocycles. The van der Waals surface area contributed by atoms with Gasteiger partial charge in [0.05, 0.1) is 16.1 Å². The summed E-state index contributed by atoms with van der Waals surface area (Å²) in [5, 5.41) is 11.2. The Morgan fingerprint density at radius 3 is 2.80 bits per heavy atom. The van der Waals surface area contributed by atoms with Crippen molar-refractivity contribution in [1.82, 2.24) is 4.98 Å². The van der Waals surface area contributed by atoms with Gasteiger partial charge < -0.3 is 0 Å². The summed E-state index contributed by atoms with van der Waals surface area (Å²) in [7, 11) is 0. The van der Waals surface area contributed by atoms with Gasteiger partial charge in [-0.05, 0) is 12.1 Å². The molecule has 2 aromatic rings. The van der Waals surface area contributed by atoms with Crippen molar-refractivity contribution >= 4 is 17.0 Å². The van der Waals surface area contributed by atoms with Crippen LogP contribution in [0.4, 0.5) is 0 Å². The van der Waals surface area contributed by atoms with E-state index in [-0.39, 0.29) is 0 Å². The van der Waals surface area contributed by atoms with E-state index in [0.29, 0.717) is 5.69 Å². The average Bonchev–Trinajstić information content (AvgIpc) is 2.26. The van der Waals surface area contributed by atoms with E-state index in [0.717, 1.165) is 17.1 Å². The number of benzene rings is 1. The van der Waals surface area contributed by atoms with Crippen molar-refractivity contribution < 1.29 is 4.92 Å². The van der Waals surface area contributed by atoms with Gasteiger partial charge >= 0.3 is 0 Å². The Bertz CT molecular complexity index is 535. The van der Waals surface area contributed by atoms with Gasteiger partial charge in [-0.1, -0.05) is 24.3 Å².